The zero-order valence-electron chi connectivity index (χ0n) is 16.2. The molecule has 7 heteroatoms. The van der Waals surface area contributed by atoms with Crippen LogP contribution in [0.25, 0.3) is 0 Å². The average Bonchev–Trinajstić information content (AvgIpc) is 3.24. The molecule has 1 unspecified atom stereocenters. The molecule has 2 fully saturated rings. The molecule has 0 aromatic carbocycles. The summed E-state index contributed by atoms with van der Waals surface area (Å²) in [6.07, 6.45) is 6.94. The highest BCUT2D eigenvalue weighted by Gasteiger charge is 2.24. The second-order valence-electron chi connectivity index (χ2n) is 7.56. The van der Waals surface area contributed by atoms with Gasteiger partial charge in [0.25, 0.3) is 0 Å². The number of hydrogen-bond acceptors (Lipinski definition) is 4. The molecule has 2 saturated heterocycles. The largest absolute Gasteiger partial charge is 0.377 e. The SMILES string of the molecule is CCCCn1nc(C)cc1NC(=O)NC1CCN(CC2CCCO2)CC1. The number of unbranched alkanes of at least 4 members (excludes halogenated alkanes) is 1. The number of carbonyl (C=O) groups excluding carboxylic acids is 1. The lowest BCUT2D eigenvalue weighted by Crippen LogP contribution is -2.47. The quantitative estimate of drug-likeness (QED) is 0.781. The zero-order valence-corrected chi connectivity index (χ0v) is 16.2. The van der Waals surface area contributed by atoms with Crippen LogP contribution in [0, 0.1) is 6.92 Å². The standard InChI is InChI=1S/C19H33N5O2/c1-3-4-9-24-18(13-15(2)22-24)21-19(25)20-16-7-10-23(11-8-16)14-17-6-5-12-26-17/h13,16-17H,3-12,14H2,1-2H3,(H2,20,21,25). The van der Waals surface area contributed by atoms with Crippen molar-refractivity contribution < 1.29 is 9.53 Å². The number of rotatable bonds is 7. The highest BCUT2D eigenvalue weighted by molar-refractivity contribution is 5.88. The maximum absolute atomic E-state index is 12.4. The Morgan fingerprint density at radius 3 is 2.85 bits per heavy atom. The summed E-state index contributed by atoms with van der Waals surface area (Å²) in [5.74, 6) is 0.782. The minimum atomic E-state index is -0.125. The molecular formula is C19H33N5O2. The van der Waals surface area contributed by atoms with Gasteiger partial charge in [-0.3, -0.25) is 5.32 Å². The van der Waals surface area contributed by atoms with Gasteiger partial charge >= 0.3 is 6.03 Å². The van der Waals surface area contributed by atoms with Crippen molar-refractivity contribution in [1.82, 2.24) is 20.0 Å². The van der Waals surface area contributed by atoms with Crippen LogP contribution in [-0.4, -0.2) is 59.1 Å². The van der Waals surface area contributed by atoms with Crippen LogP contribution in [0.1, 0.15) is 51.1 Å². The fourth-order valence-corrected chi connectivity index (χ4v) is 3.80. The molecule has 1 aromatic heterocycles. The van der Waals surface area contributed by atoms with E-state index in [4.69, 9.17) is 4.74 Å². The van der Waals surface area contributed by atoms with Crippen LogP contribution in [0.4, 0.5) is 10.6 Å². The summed E-state index contributed by atoms with van der Waals surface area (Å²) in [4.78, 5) is 14.8. The molecule has 2 aliphatic heterocycles. The number of nitrogens with one attached hydrogen (secondary N) is 2. The Kier molecular flexibility index (Phi) is 6.91. The van der Waals surface area contributed by atoms with Crippen molar-refractivity contribution in [3.63, 3.8) is 0 Å². The Balaban J connectivity index is 1.41. The Hall–Kier alpha value is -1.60. The van der Waals surface area contributed by atoms with E-state index in [1.165, 1.54) is 12.8 Å². The maximum Gasteiger partial charge on any atom is 0.320 e. The van der Waals surface area contributed by atoms with E-state index in [2.05, 4.69) is 27.6 Å². The Morgan fingerprint density at radius 1 is 1.35 bits per heavy atom. The minimum Gasteiger partial charge on any atom is -0.377 e. The van der Waals surface area contributed by atoms with Crippen LogP contribution in [0.5, 0.6) is 0 Å². The summed E-state index contributed by atoms with van der Waals surface area (Å²) in [7, 11) is 0. The van der Waals surface area contributed by atoms with Gasteiger partial charge in [-0.2, -0.15) is 5.10 Å². The summed E-state index contributed by atoms with van der Waals surface area (Å²) in [5.41, 5.74) is 0.929. The van der Waals surface area contributed by atoms with E-state index < -0.39 is 0 Å². The first kappa shape index (κ1) is 19.2. The molecule has 0 saturated carbocycles. The monoisotopic (exact) mass is 363 g/mol. The van der Waals surface area contributed by atoms with Gasteiger partial charge in [0.15, 0.2) is 0 Å². The Labute approximate surface area is 156 Å². The van der Waals surface area contributed by atoms with E-state index in [9.17, 15) is 4.79 Å². The van der Waals surface area contributed by atoms with Gasteiger partial charge in [-0.1, -0.05) is 13.3 Å². The number of anilines is 1. The van der Waals surface area contributed by atoms with Gasteiger partial charge in [0.05, 0.1) is 11.8 Å². The summed E-state index contributed by atoms with van der Waals surface area (Å²) >= 11 is 0. The molecule has 3 heterocycles. The number of aryl methyl sites for hydroxylation is 2. The smallest absolute Gasteiger partial charge is 0.320 e. The molecule has 2 N–H and O–H groups in total. The molecular weight excluding hydrogens is 330 g/mol. The number of amides is 2. The molecule has 26 heavy (non-hydrogen) atoms. The number of ether oxygens (including phenoxy) is 1. The van der Waals surface area contributed by atoms with E-state index in [1.807, 2.05) is 17.7 Å². The lowest BCUT2D eigenvalue weighted by Gasteiger charge is -2.33. The second kappa shape index (κ2) is 9.37. The molecule has 0 aliphatic carbocycles. The molecule has 1 aromatic rings. The number of aromatic nitrogens is 2. The number of carbonyl (C=O) groups is 1. The first-order chi connectivity index (χ1) is 12.6. The molecule has 1 atom stereocenters. The van der Waals surface area contributed by atoms with Crippen LogP contribution in [-0.2, 0) is 11.3 Å². The van der Waals surface area contributed by atoms with Gasteiger partial charge in [-0.25, -0.2) is 9.48 Å². The number of urea groups is 1. The van der Waals surface area contributed by atoms with E-state index >= 15 is 0 Å². The van der Waals surface area contributed by atoms with Gasteiger partial charge < -0.3 is 15.0 Å². The lowest BCUT2D eigenvalue weighted by molar-refractivity contribution is 0.0633. The lowest BCUT2D eigenvalue weighted by atomic mass is 10.0. The van der Waals surface area contributed by atoms with Crippen LogP contribution in [0.3, 0.4) is 0 Å². The fraction of sp³-hybridized carbons (Fsp3) is 0.789. The Bertz CT molecular complexity index is 574. The van der Waals surface area contributed by atoms with Crippen molar-refractivity contribution in [3.05, 3.63) is 11.8 Å². The van der Waals surface area contributed by atoms with Gasteiger partial charge in [0.2, 0.25) is 0 Å². The third kappa shape index (κ3) is 5.45. The Morgan fingerprint density at radius 2 is 2.15 bits per heavy atom. The highest BCUT2D eigenvalue weighted by Crippen LogP contribution is 2.17. The molecule has 2 amide bonds. The molecule has 7 nitrogen and oxygen atoms in total. The van der Waals surface area contributed by atoms with Crippen molar-refractivity contribution in [1.29, 1.82) is 0 Å². The molecule has 146 valence electrons. The van der Waals surface area contributed by atoms with Crippen LogP contribution in [0.15, 0.2) is 6.07 Å². The molecule has 0 radical (unpaired) electrons. The van der Waals surface area contributed by atoms with Gasteiger partial charge in [-0.15, -0.1) is 0 Å². The minimum absolute atomic E-state index is 0.125. The predicted octanol–water partition coefficient (Wildman–Crippen LogP) is 2.76. The highest BCUT2D eigenvalue weighted by atomic mass is 16.5. The number of nitrogens with zero attached hydrogens (tertiary/aromatic N) is 3. The summed E-state index contributed by atoms with van der Waals surface area (Å²) in [5, 5.41) is 10.6. The van der Waals surface area contributed by atoms with Crippen molar-refractivity contribution in [3.8, 4) is 0 Å². The topological polar surface area (TPSA) is 71.4 Å². The molecule has 0 spiro atoms. The summed E-state index contributed by atoms with van der Waals surface area (Å²) in [6.45, 7) is 8.95. The van der Waals surface area contributed by atoms with Crippen LogP contribution >= 0.6 is 0 Å². The normalized spacial score (nSPS) is 21.8. The van der Waals surface area contributed by atoms with E-state index in [-0.39, 0.29) is 12.1 Å². The third-order valence-electron chi connectivity index (χ3n) is 5.28. The number of hydrogen-bond donors (Lipinski definition) is 2. The van der Waals surface area contributed by atoms with Crippen molar-refractivity contribution in [2.75, 3.05) is 31.6 Å². The second-order valence-corrected chi connectivity index (χ2v) is 7.56. The summed E-state index contributed by atoms with van der Waals surface area (Å²) < 4.78 is 7.62. The number of piperidine rings is 1. The molecule has 2 aliphatic rings. The third-order valence-corrected chi connectivity index (χ3v) is 5.28. The van der Waals surface area contributed by atoms with Crippen molar-refractivity contribution in [2.24, 2.45) is 0 Å². The van der Waals surface area contributed by atoms with Gasteiger partial charge in [0.1, 0.15) is 5.82 Å². The fourth-order valence-electron chi connectivity index (χ4n) is 3.80. The molecule has 0 bridgehead atoms. The number of likely N-dealkylation sites (tertiary alicyclic amines) is 1. The molecule has 3 rings (SSSR count). The van der Waals surface area contributed by atoms with Gasteiger partial charge in [-0.05, 0) is 39.0 Å². The van der Waals surface area contributed by atoms with E-state index in [0.29, 0.717) is 6.10 Å². The van der Waals surface area contributed by atoms with E-state index in [0.717, 1.165) is 70.0 Å². The summed E-state index contributed by atoms with van der Waals surface area (Å²) in [6, 6.07) is 2.04. The first-order valence-corrected chi connectivity index (χ1v) is 10.1. The van der Waals surface area contributed by atoms with E-state index in [1.54, 1.807) is 0 Å². The van der Waals surface area contributed by atoms with Crippen LogP contribution < -0.4 is 10.6 Å². The average molecular weight is 364 g/mol. The zero-order chi connectivity index (χ0) is 18.4. The van der Waals surface area contributed by atoms with Crippen molar-refractivity contribution in [2.45, 2.75) is 71.1 Å². The maximum atomic E-state index is 12.4. The predicted molar refractivity (Wildman–Crippen MR) is 102 cm³/mol. The van der Waals surface area contributed by atoms with Crippen LogP contribution in [0.2, 0.25) is 0 Å². The van der Waals surface area contributed by atoms with Crippen molar-refractivity contribution >= 4 is 11.8 Å². The van der Waals surface area contributed by atoms with Gasteiger partial charge in [0, 0.05) is 44.9 Å². The first-order valence-electron chi connectivity index (χ1n) is 10.1.